The third-order valence-electron chi connectivity index (χ3n) is 1.86. The molecule has 75 valence electrons. The second-order valence-corrected chi connectivity index (χ2v) is 2.87. The number of hydrogen-bond acceptors (Lipinski definition) is 3. The predicted octanol–water partition coefficient (Wildman–Crippen LogP) is 2.68. The van der Waals surface area contributed by atoms with Gasteiger partial charge in [-0.25, -0.2) is 4.98 Å². The normalized spacial score (nSPS) is 9.67. The van der Waals surface area contributed by atoms with Gasteiger partial charge < -0.3 is 9.47 Å². The molecule has 1 aromatic carbocycles. The Morgan fingerprint density at radius 1 is 1.13 bits per heavy atom. The Morgan fingerprint density at radius 2 is 1.87 bits per heavy atom. The van der Waals surface area contributed by atoms with Gasteiger partial charge in [-0.1, -0.05) is 0 Å². The van der Waals surface area contributed by atoms with Crippen molar-refractivity contribution in [2.24, 2.45) is 0 Å². The number of pyridine rings is 1. The van der Waals surface area contributed by atoms with Crippen LogP contribution in [-0.2, 0) is 0 Å². The Labute approximate surface area is 88.3 Å². The second-order valence-electron chi connectivity index (χ2n) is 2.87. The molecule has 1 heterocycles. The molecule has 0 unspecified atom stereocenters. The Bertz CT molecular complexity index is 411. The molecule has 0 atom stereocenters. The lowest BCUT2D eigenvalue weighted by Crippen LogP contribution is -1.87. The summed E-state index contributed by atoms with van der Waals surface area (Å²) in [5, 5.41) is 0. The van der Waals surface area contributed by atoms with Crippen molar-refractivity contribution in [3.05, 3.63) is 48.7 Å². The van der Waals surface area contributed by atoms with E-state index in [0.717, 1.165) is 11.5 Å². The van der Waals surface area contributed by atoms with Crippen LogP contribution in [0.5, 0.6) is 17.4 Å². The van der Waals surface area contributed by atoms with Crippen molar-refractivity contribution in [2.75, 3.05) is 7.11 Å². The fraction of sp³-hybridized carbons (Fsp3) is 0.0833. The average molecular weight is 200 g/mol. The number of aromatic nitrogens is 1. The lowest BCUT2D eigenvalue weighted by atomic mass is 10.3. The minimum absolute atomic E-state index is 0.530. The monoisotopic (exact) mass is 200 g/mol. The summed E-state index contributed by atoms with van der Waals surface area (Å²) in [5.41, 5.74) is 0. The highest BCUT2D eigenvalue weighted by Crippen LogP contribution is 2.21. The molecule has 0 aliphatic rings. The van der Waals surface area contributed by atoms with E-state index in [-0.39, 0.29) is 0 Å². The highest BCUT2D eigenvalue weighted by Gasteiger charge is 1.97. The first-order chi connectivity index (χ1) is 7.38. The largest absolute Gasteiger partial charge is 0.497 e. The molecule has 1 radical (unpaired) electrons. The van der Waals surface area contributed by atoms with E-state index in [1.54, 1.807) is 25.4 Å². The van der Waals surface area contributed by atoms with Crippen molar-refractivity contribution < 1.29 is 9.47 Å². The molecular weight excluding hydrogens is 190 g/mol. The zero-order chi connectivity index (χ0) is 10.5. The smallest absolute Gasteiger partial charge is 0.219 e. The summed E-state index contributed by atoms with van der Waals surface area (Å²) in [4.78, 5) is 4.03. The third-order valence-corrected chi connectivity index (χ3v) is 1.86. The zero-order valence-electron chi connectivity index (χ0n) is 8.31. The first-order valence-electron chi connectivity index (χ1n) is 4.52. The van der Waals surface area contributed by atoms with Crippen molar-refractivity contribution in [3.8, 4) is 17.4 Å². The van der Waals surface area contributed by atoms with Crippen LogP contribution in [0.1, 0.15) is 0 Å². The predicted molar refractivity (Wildman–Crippen MR) is 56.1 cm³/mol. The fourth-order valence-electron chi connectivity index (χ4n) is 1.13. The molecule has 2 rings (SSSR count). The molecule has 0 fully saturated rings. The number of rotatable bonds is 3. The molecule has 3 heteroatoms. The quantitative estimate of drug-likeness (QED) is 0.763. The van der Waals surface area contributed by atoms with Gasteiger partial charge in [0, 0.05) is 12.3 Å². The highest BCUT2D eigenvalue weighted by atomic mass is 16.5. The average Bonchev–Trinajstić information content (AvgIpc) is 2.31. The number of nitrogens with zero attached hydrogens (tertiary/aromatic N) is 1. The van der Waals surface area contributed by atoms with E-state index in [4.69, 9.17) is 9.47 Å². The van der Waals surface area contributed by atoms with Crippen LogP contribution in [0.25, 0.3) is 0 Å². The molecule has 0 aliphatic heterocycles. The molecule has 3 nitrogen and oxygen atoms in total. The molecule has 0 spiro atoms. The van der Waals surface area contributed by atoms with Gasteiger partial charge in [0.25, 0.3) is 0 Å². The molecular formula is C12H10NO2. The first-order valence-corrected chi connectivity index (χ1v) is 4.52. The molecule has 0 saturated heterocycles. The van der Waals surface area contributed by atoms with Crippen molar-refractivity contribution >= 4 is 0 Å². The van der Waals surface area contributed by atoms with Crippen LogP contribution < -0.4 is 9.47 Å². The SMILES string of the molecule is COc1ccc(Oc2c[c]ccn2)cc1. The molecule has 0 amide bonds. The van der Waals surface area contributed by atoms with Gasteiger partial charge in [0.05, 0.1) is 7.11 Å². The lowest BCUT2D eigenvalue weighted by Gasteiger charge is -2.04. The minimum Gasteiger partial charge on any atom is -0.497 e. The van der Waals surface area contributed by atoms with Gasteiger partial charge in [0.15, 0.2) is 0 Å². The molecule has 0 bridgehead atoms. The maximum Gasteiger partial charge on any atom is 0.219 e. The van der Waals surface area contributed by atoms with Gasteiger partial charge in [-0.2, -0.15) is 0 Å². The van der Waals surface area contributed by atoms with Crippen molar-refractivity contribution in [1.82, 2.24) is 4.98 Å². The summed E-state index contributed by atoms with van der Waals surface area (Å²) in [7, 11) is 1.63. The van der Waals surface area contributed by atoms with Gasteiger partial charge in [0.2, 0.25) is 5.88 Å². The molecule has 2 aromatic rings. The van der Waals surface area contributed by atoms with Gasteiger partial charge in [0.1, 0.15) is 11.5 Å². The molecule has 15 heavy (non-hydrogen) atoms. The number of hydrogen-bond donors (Lipinski definition) is 0. The molecule has 0 saturated carbocycles. The van der Waals surface area contributed by atoms with E-state index >= 15 is 0 Å². The standard InChI is InChI=1S/C12H10NO2/c1-14-10-5-7-11(8-6-10)15-12-4-2-3-9-13-12/h3-9H,1H3. The summed E-state index contributed by atoms with van der Waals surface area (Å²) in [6, 6.07) is 13.6. The van der Waals surface area contributed by atoms with E-state index in [9.17, 15) is 0 Å². The van der Waals surface area contributed by atoms with Gasteiger partial charge >= 0.3 is 0 Å². The number of benzene rings is 1. The van der Waals surface area contributed by atoms with Gasteiger partial charge in [-0.3, -0.25) is 0 Å². The summed E-state index contributed by atoms with van der Waals surface area (Å²) < 4.78 is 10.5. The van der Waals surface area contributed by atoms with Crippen LogP contribution in [0.4, 0.5) is 0 Å². The van der Waals surface area contributed by atoms with E-state index in [1.165, 1.54) is 0 Å². The van der Waals surface area contributed by atoms with Crippen LogP contribution in [0.15, 0.2) is 42.6 Å². The topological polar surface area (TPSA) is 31.4 Å². The Morgan fingerprint density at radius 3 is 2.47 bits per heavy atom. The van der Waals surface area contributed by atoms with Gasteiger partial charge in [-0.05, 0) is 36.4 Å². The zero-order valence-corrected chi connectivity index (χ0v) is 8.31. The first kappa shape index (κ1) is 9.52. The summed E-state index contributed by atoms with van der Waals surface area (Å²) in [6.07, 6.45) is 1.64. The third kappa shape index (κ3) is 2.47. The van der Waals surface area contributed by atoms with E-state index in [1.807, 2.05) is 24.3 Å². The molecule has 0 N–H and O–H groups in total. The van der Waals surface area contributed by atoms with Crippen molar-refractivity contribution in [2.45, 2.75) is 0 Å². The minimum atomic E-state index is 0.530. The summed E-state index contributed by atoms with van der Waals surface area (Å²) in [6.45, 7) is 0. The fourth-order valence-corrected chi connectivity index (χ4v) is 1.13. The molecule has 0 aliphatic carbocycles. The Hall–Kier alpha value is -2.03. The van der Waals surface area contributed by atoms with Gasteiger partial charge in [-0.15, -0.1) is 0 Å². The van der Waals surface area contributed by atoms with Crippen LogP contribution in [0.3, 0.4) is 0 Å². The maximum absolute atomic E-state index is 5.48. The summed E-state index contributed by atoms with van der Waals surface area (Å²) >= 11 is 0. The van der Waals surface area contributed by atoms with Crippen LogP contribution in [0.2, 0.25) is 0 Å². The maximum atomic E-state index is 5.48. The lowest BCUT2D eigenvalue weighted by molar-refractivity contribution is 0.412. The summed E-state index contributed by atoms with van der Waals surface area (Å²) in [5.74, 6) is 2.06. The van der Waals surface area contributed by atoms with E-state index in [0.29, 0.717) is 5.88 Å². The second kappa shape index (κ2) is 4.46. The van der Waals surface area contributed by atoms with Crippen LogP contribution in [0, 0.1) is 6.07 Å². The highest BCUT2D eigenvalue weighted by molar-refractivity contribution is 5.33. The van der Waals surface area contributed by atoms with Crippen molar-refractivity contribution in [1.29, 1.82) is 0 Å². The van der Waals surface area contributed by atoms with E-state index < -0.39 is 0 Å². The van der Waals surface area contributed by atoms with Crippen molar-refractivity contribution in [3.63, 3.8) is 0 Å². The van der Waals surface area contributed by atoms with E-state index in [2.05, 4.69) is 11.1 Å². The number of ether oxygens (including phenoxy) is 2. The Balaban J connectivity index is 2.11. The number of methoxy groups -OCH3 is 1. The molecule has 1 aromatic heterocycles. The van der Waals surface area contributed by atoms with Crippen LogP contribution >= 0.6 is 0 Å². The van der Waals surface area contributed by atoms with Crippen LogP contribution in [-0.4, -0.2) is 12.1 Å². The Kier molecular flexibility index (Phi) is 2.83.